The van der Waals surface area contributed by atoms with E-state index in [0.29, 0.717) is 5.88 Å². The predicted octanol–water partition coefficient (Wildman–Crippen LogP) is 1.26. The van der Waals surface area contributed by atoms with Gasteiger partial charge in [-0.1, -0.05) is 0 Å². The van der Waals surface area contributed by atoms with E-state index < -0.39 is 5.54 Å². The van der Waals surface area contributed by atoms with E-state index in [1.165, 1.54) is 0 Å². The number of carbonyl (C=O) groups excluding carboxylic acids is 1. The number of hydrogen-bond donors (Lipinski definition) is 2. The van der Waals surface area contributed by atoms with Crippen LogP contribution in [0.5, 0.6) is 0 Å². The van der Waals surface area contributed by atoms with Gasteiger partial charge in [-0.3, -0.25) is 10.1 Å². The predicted molar refractivity (Wildman–Crippen MR) is 50.3 cm³/mol. The summed E-state index contributed by atoms with van der Waals surface area (Å²) in [6.45, 7) is 5.08. The molecule has 0 fully saturated rings. The third-order valence-electron chi connectivity index (χ3n) is 1.56. The van der Waals surface area contributed by atoms with Crippen molar-refractivity contribution in [2.24, 2.45) is 5.73 Å². The number of aryl methyl sites for hydroxylation is 1. The van der Waals surface area contributed by atoms with E-state index in [9.17, 15) is 4.79 Å². The molecule has 0 aliphatic carbocycles. The molecule has 4 nitrogen and oxygen atoms in total. The highest BCUT2D eigenvalue weighted by molar-refractivity contribution is 5.96. The lowest BCUT2D eigenvalue weighted by atomic mass is 10.1. The zero-order valence-corrected chi connectivity index (χ0v) is 8.05. The number of anilines is 1. The largest absolute Gasteiger partial charge is 0.446 e. The molecule has 1 heterocycles. The van der Waals surface area contributed by atoms with Crippen LogP contribution < -0.4 is 11.1 Å². The summed E-state index contributed by atoms with van der Waals surface area (Å²) in [5, 5.41) is 2.57. The quantitative estimate of drug-likeness (QED) is 0.723. The van der Waals surface area contributed by atoms with Crippen LogP contribution in [0.1, 0.15) is 19.6 Å². The fourth-order valence-electron chi connectivity index (χ4n) is 0.775. The van der Waals surface area contributed by atoms with Crippen molar-refractivity contribution in [3.8, 4) is 0 Å². The fourth-order valence-corrected chi connectivity index (χ4v) is 0.775. The van der Waals surface area contributed by atoms with Crippen LogP contribution in [0.15, 0.2) is 16.5 Å². The first-order valence-electron chi connectivity index (χ1n) is 4.06. The fraction of sp³-hybridized carbons (Fsp3) is 0.444. The summed E-state index contributed by atoms with van der Waals surface area (Å²) in [6.07, 6.45) is 0. The number of nitrogens with two attached hydrogens (primary N) is 1. The minimum absolute atomic E-state index is 0.262. The van der Waals surface area contributed by atoms with Gasteiger partial charge in [0.05, 0.1) is 5.54 Å². The van der Waals surface area contributed by atoms with Crippen LogP contribution in [0.2, 0.25) is 0 Å². The first-order chi connectivity index (χ1) is 5.89. The van der Waals surface area contributed by atoms with Gasteiger partial charge in [0, 0.05) is 6.07 Å². The SMILES string of the molecule is Cc1ccc(NC(=O)C(C)(C)N)o1. The molecule has 0 aliphatic heterocycles. The van der Waals surface area contributed by atoms with Gasteiger partial charge in [-0.05, 0) is 26.8 Å². The minimum atomic E-state index is -0.888. The van der Waals surface area contributed by atoms with E-state index >= 15 is 0 Å². The highest BCUT2D eigenvalue weighted by Crippen LogP contribution is 2.13. The zero-order valence-electron chi connectivity index (χ0n) is 8.05. The van der Waals surface area contributed by atoms with Crippen LogP contribution >= 0.6 is 0 Å². The van der Waals surface area contributed by atoms with E-state index in [4.69, 9.17) is 10.2 Å². The molecule has 4 heteroatoms. The van der Waals surface area contributed by atoms with Crippen molar-refractivity contribution >= 4 is 11.8 Å². The van der Waals surface area contributed by atoms with Crippen LogP contribution in [0.4, 0.5) is 5.88 Å². The van der Waals surface area contributed by atoms with Gasteiger partial charge in [-0.15, -0.1) is 0 Å². The normalized spacial score (nSPS) is 11.4. The van der Waals surface area contributed by atoms with Crippen molar-refractivity contribution in [3.05, 3.63) is 17.9 Å². The van der Waals surface area contributed by atoms with E-state index in [1.807, 2.05) is 6.92 Å². The maximum atomic E-state index is 11.3. The molecule has 1 aromatic rings. The molecule has 13 heavy (non-hydrogen) atoms. The number of furan rings is 1. The van der Waals surface area contributed by atoms with Gasteiger partial charge < -0.3 is 10.2 Å². The summed E-state index contributed by atoms with van der Waals surface area (Å²) in [5.41, 5.74) is 4.69. The molecule has 0 radical (unpaired) electrons. The molecule has 72 valence electrons. The maximum Gasteiger partial charge on any atom is 0.246 e. The Morgan fingerprint density at radius 2 is 2.15 bits per heavy atom. The second-order valence-electron chi connectivity index (χ2n) is 3.59. The van der Waals surface area contributed by atoms with Crippen LogP contribution in [-0.2, 0) is 4.79 Å². The summed E-state index contributed by atoms with van der Waals surface area (Å²) in [7, 11) is 0. The van der Waals surface area contributed by atoms with Crippen molar-refractivity contribution in [1.29, 1.82) is 0 Å². The smallest absolute Gasteiger partial charge is 0.246 e. The molecular formula is C9H14N2O2. The van der Waals surface area contributed by atoms with Crippen LogP contribution in [-0.4, -0.2) is 11.4 Å². The van der Waals surface area contributed by atoms with Crippen molar-refractivity contribution in [2.75, 3.05) is 5.32 Å². The Labute approximate surface area is 77.1 Å². The lowest BCUT2D eigenvalue weighted by Crippen LogP contribution is -2.45. The van der Waals surface area contributed by atoms with Gasteiger partial charge in [0.2, 0.25) is 5.91 Å². The zero-order chi connectivity index (χ0) is 10.1. The Bertz CT molecular complexity index is 310. The topological polar surface area (TPSA) is 68.3 Å². The standard InChI is InChI=1S/C9H14N2O2/c1-6-4-5-7(13-6)11-8(12)9(2,3)10/h4-5H,10H2,1-3H3,(H,11,12). The molecule has 1 rings (SSSR count). The van der Waals surface area contributed by atoms with E-state index in [-0.39, 0.29) is 5.91 Å². The Morgan fingerprint density at radius 3 is 2.54 bits per heavy atom. The average molecular weight is 182 g/mol. The molecule has 0 unspecified atom stereocenters. The molecular weight excluding hydrogens is 168 g/mol. The molecule has 1 aromatic heterocycles. The second kappa shape index (κ2) is 3.22. The van der Waals surface area contributed by atoms with Crippen molar-refractivity contribution in [2.45, 2.75) is 26.3 Å². The third kappa shape index (κ3) is 2.59. The maximum absolute atomic E-state index is 11.3. The van der Waals surface area contributed by atoms with Gasteiger partial charge in [0.1, 0.15) is 5.76 Å². The second-order valence-corrected chi connectivity index (χ2v) is 3.59. The number of nitrogens with one attached hydrogen (secondary N) is 1. The summed E-state index contributed by atoms with van der Waals surface area (Å²) in [6, 6.07) is 3.47. The lowest BCUT2D eigenvalue weighted by molar-refractivity contribution is -0.120. The van der Waals surface area contributed by atoms with Gasteiger partial charge in [0.15, 0.2) is 5.88 Å². The van der Waals surface area contributed by atoms with E-state index in [0.717, 1.165) is 5.76 Å². The summed E-state index contributed by atoms with van der Waals surface area (Å²) in [5.74, 6) is 0.924. The van der Waals surface area contributed by atoms with E-state index in [1.54, 1.807) is 26.0 Å². The first kappa shape index (κ1) is 9.80. The highest BCUT2D eigenvalue weighted by Gasteiger charge is 2.22. The Morgan fingerprint density at radius 1 is 1.54 bits per heavy atom. The van der Waals surface area contributed by atoms with E-state index in [2.05, 4.69) is 5.32 Å². The van der Waals surface area contributed by atoms with Gasteiger partial charge in [-0.2, -0.15) is 0 Å². The van der Waals surface area contributed by atoms with Crippen molar-refractivity contribution in [1.82, 2.24) is 0 Å². The first-order valence-corrected chi connectivity index (χ1v) is 4.06. The molecule has 0 bridgehead atoms. The summed E-state index contributed by atoms with van der Waals surface area (Å²) >= 11 is 0. The van der Waals surface area contributed by atoms with Gasteiger partial charge >= 0.3 is 0 Å². The van der Waals surface area contributed by atoms with Crippen LogP contribution in [0, 0.1) is 6.92 Å². The third-order valence-corrected chi connectivity index (χ3v) is 1.56. The minimum Gasteiger partial charge on any atom is -0.446 e. The van der Waals surface area contributed by atoms with Crippen LogP contribution in [0.3, 0.4) is 0 Å². The van der Waals surface area contributed by atoms with Crippen molar-refractivity contribution < 1.29 is 9.21 Å². The number of carbonyl (C=O) groups is 1. The molecule has 0 spiro atoms. The number of rotatable bonds is 2. The molecule has 0 saturated heterocycles. The molecule has 1 amide bonds. The Balaban J connectivity index is 2.65. The monoisotopic (exact) mass is 182 g/mol. The van der Waals surface area contributed by atoms with Gasteiger partial charge in [-0.25, -0.2) is 0 Å². The summed E-state index contributed by atoms with van der Waals surface area (Å²) in [4.78, 5) is 11.3. The highest BCUT2D eigenvalue weighted by atomic mass is 16.4. The number of hydrogen-bond acceptors (Lipinski definition) is 3. The summed E-state index contributed by atoms with van der Waals surface area (Å²) < 4.78 is 5.16. The number of amides is 1. The average Bonchev–Trinajstić information content (AvgIpc) is 2.33. The van der Waals surface area contributed by atoms with Gasteiger partial charge in [0.25, 0.3) is 0 Å². The van der Waals surface area contributed by atoms with Crippen LogP contribution in [0.25, 0.3) is 0 Å². The molecule has 0 aromatic carbocycles. The molecule has 3 N–H and O–H groups in total. The Hall–Kier alpha value is -1.29. The molecule has 0 atom stereocenters. The molecule has 0 saturated carbocycles. The lowest BCUT2D eigenvalue weighted by Gasteiger charge is -2.16. The Kier molecular flexibility index (Phi) is 2.43. The van der Waals surface area contributed by atoms with Crippen molar-refractivity contribution in [3.63, 3.8) is 0 Å². The molecule has 0 aliphatic rings.